The van der Waals surface area contributed by atoms with Crippen molar-refractivity contribution in [2.24, 2.45) is 5.10 Å². The summed E-state index contributed by atoms with van der Waals surface area (Å²) in [5.74, 6) is -0.614. The van der Waals surface area contributed by atoms with E-state index in [2.05, 4.69) is 10.5 Å². The lowest BCUT2D eigenvalue weighted by molar-refractivity contribution is -0.385. The minimum Gasteiger partial charge on any atom is -0.490 e. The molecule has 0 saturated carbocycles. The molecule has 0 aliphatic rings. The number of carbonyl (C=O) groups is 1. The third kappa shape index (κ3) is 5.91. The quantitative estimate of drug-likeness (QED) is 0.370. The van der Waals surface area contributed by atoms with Crippen LogP contribution < -0.4 is 14.5 Å². The molecule has 0 spiro atoms. The fraction of sp³-hybridized carbons (Fsp3) is 0.222. The first-order valence-electron chi connectivity index (χ1n) is 8.41. The highest BCUT2D eigenvalue weighted by molar-refractivity contribution is 7.92. The van der Waals surface area contributed by atoms with Gasteiger partial charge in [0.25, 0.3) is 5.91 Å². The molecule has 0 fully saturated rings. The van der Waals surface area contributed by atoms with Gasteiger partial charge >= 0.3 is 5.69 Å². The van der Waals surface area contributed by atoms with E-state index in [0.717, 1.165) is 10.6 Å². The van der Waals surface area contributed by atoms with Gasteiger partial charge in [-0.2, -0.15) is 5.10 Å². The van der Waals surface area contributed by atoms with E-state index < -0.39 is 27.4 Å². The van der Waals surface area contributed by atoms with Gasteiger partial charge < -0.3 is 4.74 Å². The van der Waals surface area contributed by atoms with E-state index in [1.54, 1.807) is 13.0 Å². The Morgan fingerprint density at radius 1 is 1.33 bits per heavy atom. The number of anilines is 1. The summed E-state index contributed by atoms with van der Waals surface area (Å²) in [7, 11) is -2.45. The largest absolute Gasteiger partial charge is 0.490 e. The normalized spacial score (nSPS) is 11.3. The molecule has 0 atom stereocenters. The first-order chi connectivity index (χ1) is 14.0. The van der Waals surface area contributed by atoms with Gasteiger partial charge in [0, 0.05) is 16.7 Å². The highest BCUT2D eigenvalue weighted by atomic mass is 35.5. The number of rotatable bonds is 8. The number of amides is 1. The Morgan fingerprint density at radius 3 is 2.60 bits per heavy atom. The Kier molecular flexibility index (Phi) is 7.35. The molecule has 1 N–H and O–H groups in total. The molecule has 2 aromatic rings. The van der Waals surface area contributed by atoms with Crippen LogP contribution >= 0.6 is 11.6 Å². The number of hydrazone groups is 1. The van der Waals surface area contributed by atoms with Crippen LogP contribution in [0.2, 0.25) is 5.02 Å². The van der Waals surface area contributed by atoms with Crippen LogP contribution in [0.5, 0.6) is 5.75 Å². The number of nitro benzene ring substituents is 1. The van der Waals surface area contributed by atoms with Gasteiger partial charge in [-0.15, -0.1) is 0 Å². The number of halogens is 1. The predicted octanol–water partition coefficient (Wildman–Crippen LogP) is 2.48. The lowest BCUT2D eigenvalue weighted by Gasteiger charge is -2.23. The first-order valence-corrected chi connectivity index (χ1v) is 10.6. The molecule has 0 radical (unpaired) electrons. The van der Waals surface area contributed by atoms with E-state index in [4.69, 9.17) is 16.3 Å². The van der Waals surface area contributed by atoms with Crippen molar-refractivity contribution in [2.75, 3.05) is 24.2 Å². The Bertz CT molecular complexity index is 1100. The van der Waals surface area contributed by atoms with Crippen molar-refractivity contribution < 1.29 is 22.9 Å². The maximum absolute atomic E-state index is 12.2. The number of nitrogens with zero attached hydrogens (tertiary/aromatic N) is 3. The minimum absolute atomic E-state index is 0.0864. The van der Waals surface area contributed by atoms with Gasteiger partial charge in [-0.05, 0) is 42.8 Å². The Hall–Kier alpha value is -3.18. The summed E-state index contributed by atoms with van der Waals surface area (Å²) in [6.07, 6.45) is 2.18. The number of nitrogens with one attached hydrogen (secondary N) is 1. The molecular weight excluding hydrogens is 436 g/mol. The average molecular weight is 455 g/mol. The number of carbonyl (C=O) groups excluding carboxylic acids is 1. The zero-order valence-electron chi connectivity index (χ0n) is 16.3. The Labute approximate surface area is 178 Å². The van der Waals surface area contributed by atoms with E-state index >= 15 is 0 Å². The second-order valence-electron chi connectivity index (χ2n) is 6.18. The number of ether oxygens (including phenoxy) is 1. The van der Waals surface area contributed by atoms with Crippen molar-refractivity contribution >= 4 is 45.1 Å². The van der Waals surface area contributed by atoms with Crippen LogP contribution in [0.25, 0.3) is 0 Å². The first kappa shape index (κ1) is 23.1. The smallest absolute Gasteiger partial charge is 0.311 e. The molecular formula is C18H19ClN4O6S. The van der Waals surface area contributed by atoms with E-state index in [-0.39, 0.29) is 11.4 Å². The lowest BCUT2D eigenvalue weighted by Crippen LogP contribution is -2.39. The number of benzene rings is 2. The third-order valence-corrected chi connectivity index (χ3v) is 5.28. The number of nitro groups is 1. The molecule has 2 rings (SSSR count). The van der Waals surface area contributed by atoms with E-state index in [1.165, 1.54) is 43.7 Å². The van der Waals surface area contributed by atoms with Crippen LogP contribution in [0.1, 0.15) is 11.1 Å². The molecule has 2 aromatic carbocycles. The van der Waals surface area contributed by atoms with Crippen LogP contribution in [0, 0.1) is 17.0 Å². The molecule has 1 amide bonds. The van der Waals surface area contributed by atoms with Crippen LogP contribution in [0.15, 0.2) is 41.5 Å². The summed E-state index contributed by atoms with van der Waals surface area (Å²) in [5.41, 5.74) is 3.19. The highest BCUT2D eigenvalue weighted by Gasteiger charge is 2.22. The second-order valence-corrected chi connectivity index (χ2v) is 8.53. The highest BCUT2D eigenvalue weighted by Crippen LogP contribution is 2.27. The zero-order chi connectivity index (χ0) is 22.5. The fourth-order valence-electron chi connectivity index (χ4n) is 2.55. The monoisotopic (exact) mass is 454 g/mol. The second kappa shape index (κ2) is 9.55. The standard InChI is InChI=1S/C18H19ClN4O6S/c1-12-8-14(19)5-6-15(12)22(30(3,27)28)11-18(24)21-20-10-13-4-7-17(29-2)16(9-13)23(25)26/h4-10H,11H2,1-3H3,(H,21,24)/b20-10-. The van der Waals surface area contributed by atoms with Crippen molar-refractivity contribution in [2.45, 2.75) is 6.92 Å². The van der Waals surface area contributed by atoms with Crippen molar-refractivity contribution in [3.05, 3.63) is 62.7 Å². The number of aryl methyl sites for hydroxylation is 1. The third-order valence-electron chi connectivity index (χ3n) is 3.92. The molecule has 0 bridgehead atoms. The molecule has 0 aliphatic heterocycles. The summed E-state index contributed by atoms with van der Waals surface area (Å²) < 4.78 is 30.2. The maximum Gasteiger partial charge on any atom is 0.311 e. The summed E-state index contributed by atoms with van der Waals surface area (Å²) in [6.45, 7) is 1.16. The molecule has 30 heavy (non-hydrogen) atoms. The molecule has 12 heteroatoms. The molecule has 160 valence electrons. The molecule has 0 aliphatic carbocycles. The van der Waals surface area contributed by atoms with Gasteiger partial charge in [-0.25, -0.2) is 13.8 Å². The van der Waals surface area contributed by atoms with E-state index in [9.17, 15) is 23.3 Å². The van der Waals surface area contributed by atoms with Gasteiger partial charge in [0.1, 0.15) is 6.54 Å². The van der Waals surface area contributed by atoms with Gasteiger partial charge in [0.2, 0.25) is 10.0 Å². The van der Waals surface area contributed by atoms with Crippen LogP contribution in [-0.4, -0.2) is 45.4 Å². The van der Waals surface area contributed by atoms with Gasteiger partial charge in [-0.1, -0.05) is 11.6 Å². The van der Waals surface area contributed by atoms with Gasteiger partial charge in [0.15, 0.2) is 5.75 Å². The summed E-state index contributed by atoms with van der Waals surface area (Å²) in [4.78, 5) is 22.7. The van der Waals surface area contributed by atoms with Crippen LogP contribution in [0.4, 0.5) is 11.4 Å². The molecule has 0 saturated heterocycles. The number of hydrogen-bond acceptors (Lipinski definition) is 7. The number of sulfonamides is 1. The SMILES string of the molecule is COc1ccc(/C=N\NC(=O)CN(c2ccc(Cl)cc2C)S(C)(=O)=O)cc1[N+](=O)[O-]. The van der Waals surface area contributed by atoms with Gasteiger partial charge in [-0.3, -0.25) is 19.2 Å². The topological polar surface area (TPSA) is 131 Å². The summed E-state index contributed by atoms with van der Waals surface area (Å²) >= 11 is 5.90. The number of hydrogen-bond donors (Lipinski definition) is 1. The Morgan fingerprint density at radius 2 is 2.03 bits per heavy atom. The Balaban J connectivity index is 2.15. The van der Waals surface area contributed by atoms with E-state index in [1.807, 2.05) is 0 Å². The van der Waals surface area contributed by atoms with E-state index in [0.29, 0.717) is 21.8 Å². The molecule has 0 unspecified atom stereocenters. The molecule has 0 heterocycles. The van der Waals surface area contributed by atoms with Crippen LogP contribution in [0.3, 0.4) is 0 Å². The molecule has 10 nitrogen and oxygen atoms in total. The summed E-state index contributed by atoms with van der Waals surface area (Å²) in [6, 6.07) is 8.76. The van der Waals surface area contributed by atoms with Crippen molar-refractivity contribution in [1.82, 2.24) is 5.43 Å². The lowest BCUT2D eigenvalue weighted by atomic mass is 10.2. The fourth-order valence-corrected chi connectivity index (χ4v) is 3.69. The van der Waals surface area contributed by atoms with Gasteiger partial charge in [0.05, 0.1) is 30.2 Å². The van der Waals surface area contributed by atoms with Crippen molar-refractivity contribution in [3.8, 4) is 5.75 Å². The minimum atomic E-state index is -3.76. The average Bonchev–Trinajstić information content (AvgIpc) is 2.65. The predicted molar refractivity (Wildman–Crippen MR) is 114 cm³/mol. The number of methoxy groups -OCH3 is 1. The maximum atomic E-state index is 12.2. The van der Waals surface area contributed by atoms with Crippen LogP contribution in [-0.2, 0) is 14.8 Å². The summed E-state index contributed by atoms with van der Waals surface area (Å²) in [5, 5.41) is 15.2. The zero-order valence-corrected chi connectivity index (χ0v) is 17.9. The molecule has 0 aromatic heterocycles. The van der Waals surface area contributed by atoms with Crippen molar-refractivity contribution in [1.29, 1.82) is 0 Å². The van der Waals surface area contributed by atoms with Crippen molar-refractivity contribution in [3.63, 3.8) is 0 Å².